The highest BCUT2D eigenvalue weighted by Gasteiger charge is 2.33. The number of piperidine rings is 1. The molecule has 6 nitrogen and oxygen atoms in total. The molecule has 0 saturated carbocycles. The van der Waals surface area contributed by atoms with Crippen LogP contribution >= 0.6 is 0 Å². The molecule has 4 rings (SSSR count). The summed E-state index contributed by atoms with van der Waals surface area (Å²) in [6, 6.07) is 13.3. The summed E-state index contributed by atoms with van der Waals surface area (Å²) < 4.78 is 46.0. The molecule has 0 unspecified atom stereocenters. The third kappa shape index (κ3) is 3.57. The molecule has 0 radical (unpaired) electrons. The van der Waals surface area contributed by atoms with Crippen molar-refractivity contribution >= 4 is 10.0 Å². The average Bonchev–Trinajstić information content (AvgIpc) is 3.19. The SMILES string of the molecule is Cc1ccc(-c2nc(C3CCN(S(=O)(=O)c4ccccc4F)CC3)no2)cc1. The molecule has 0 spiro atoms. The van der Waals surface area contributed by atoms with Crippen LogP contribution < -0.4 is 0 Å². The van der Waals surface area contributed by atoms with E-state index in [0.29, 0.717) is 24.6 Å². The van der Waals surface area contributed by atoms with Crippen LogP contribution in [0.3, 0.4) is 0 Å². The zero-order chi connectivity index (χ0) is 19.7. The van der Waals surface area contributed by atoms with Crippen molar-refractivity contribution in [2.75, 3.05) is 13.1 Å². The predicted octanol–water partition coefficient (Wildman–Crippen LogP) is 3.75. The Morgan fingerprint density at radius 2 is 1.75 bits per heavy atom. The van der Waals surface area contributed by atoms with Gasteiger partial charge >= 0.3 is 0 Å². The van der Waals surface area contributed by atoms with Crippen molar-refractivity contribution < 1.29 is 17.3 Å². The lowest BCUT2D eigenvalue weighted by Crippen LogP contribution is -2.38. The number of halogens is 1. The number of benzene rings is 2. The van der Waals surface area contributed by atoms with Crippen molar-refractivity contribution in [2.45, 2.75) is 30.6 Å². The van der Waals surface area contributed by atoms with Crippen LogP contribution in [0.15, 0.2) is 57.9 Å². The molecule has 3 aromatic rings. The molecule has 1 aliphatic rings. The number of sulfonamides is 1. The van der Waals surface area contributed by atoms with Crippen LogP contribution in [0.25, 0.3) is 11.5 Å². The van der Waals surface area contributed by atoms with E-state index in [0.717, 1.165) is 17.2 Å². The monoisotopic (exact) mass is 401 g/mol. The van der Waals surface area contributed by atoms with Crippen LogP contribution in [0.1, 0.15) is 30.1 Å². The molecule has 1 fully saturated rings. The molecule has 0 N–H and O–H groups in total. The van der Waals surface area contributed by atoms with Gasteiger partial charge in [0.1, 0.15) is 10.7 Å². The minimum absolute atomic E-state index is 0.00928. The van der Waals surface area contributed by atoms with Gasteiger partial charge in [-0.15, -0.1) is 0 Å². The lowest BCUT2D eigenvalue weighted by atomic mass is 9.97. The zero-order valence-corrected chi connectivity index (χ0v) is 16.2. The Morgan fingerprint density at radius 1 is 1.07 bits per heavy atom. The van der Waals surface area contributed by atoms with Crippen molar-refractivity contribution in [3.05, 3.63) is 65.7 Å². The van der Waals surface area contributed by atoms with Crippen LogP contribution in [-0.4, -0.2) is 36.0 Å². The third-order valence-corrected chi connectivity index (χ3v) is 6.95. The molecule has 0 bridgehead atoms. The van der Waals surface area contributed by atoms with E-state index in [1.165, 1.54) is 22.5 Å². The molecule has 28 heavy (non-hydrogen) atoms. The summed E-state index contributed by atoms with van der Waals surface area (Å²) in [5, 5.41) is 4.08. The molecule has 1 aliphatic heterocycles. The number of nitrogens with zero attached hydrogens (tertiary/aromatic N) is 3. The van der Waals surface area contributed by atoms with Crippen LogP contribution in [-0.2, 0) is 10.0 Å². The number of rotatable bonds is 4. The Morgan fingerprint density at radius 3 is 2.43 bits per heavy atom. The summed E-state index contributed by atoms with van der Waals surface area (Å²) in [6.07, 6.45) is 1.11. The van der Waals surface area contributed by atoms with Gasteiger partial charge in [-0.05, 0) is 44.0 Å². The van der Waals surface area contributed by atoms with Crippen molar-refractivity contribution in [3.8, 4) is 11.5 Å². The van der Waals surface area contributed by atoms with Gasteiger partial charge in [0.25, 0.3) is 5.89 Å². The van der Waals surface area contributed by atoms with E-state index in [4.69, 9.17) is 4.52 Å². The van der Waals surface area contributed by atoms with Gasteiger partial charge in [0, 0.05) is 24.6 Å². The first kappa shape index (κ1) is 18.8. The van der Waals surface area contributed by atoms with Gasteiger partial charge in [-0.2, -0.15) is 9.29 Å². The van der Waals surface area contributed by atoms with E-state index in [1.807, 2.05) is 31.2 Å². The Bertz CT molecular complexity index is 1070. The Labute approximate surface area is 163 Å². The van der Waals surface area contributed by atoms with Gasteiger partial charge in [-0.25, -0.2) is 12.8 Å². The first-order valence-electron chi connectivity index (χ1n) is 9.10. The maximum atomic E-state index is 13.9. The predicted molar refractivity (Wildman–Crippen MR) is 102 cm³/mol. The standard InChI is InChI=1S/C20H20FN3O3S/c1-14-6-8-16(9-7-14)20-22-19(23-27-20)15-10-12-24(13-11-15)28(25,26)18-5-3-2-4-17(18)21/h2-9,15H,10-13H2,1H3. The Balaban J connectivity index is 1.46. The molecule has 8 heteroatoms. The van der Waals surface area contributed by atoms with E-state index < -0.39 is 15.8 Å². The highest BCUT2D eigenvalue weighted by Crippen LogP contribution is 2.31. The molecular formula is C20H20FN3O3S. The largest absolute Gasteiger partial charge is 0.334 e. The van der Waals surface area contributed by atoms with E-state index in [-0.39, 0.29) is 23.9 Å². The molecular weight excluding hydrogens is 381 g/mol. The molecule has 1 saturated heterocycles. The number of hydrogen-bond acceptors (Lipinski definition) is 5. The fourth-order valence-corrected chi connectivity index (χ4v) is 4.90. The average molecular weight is 401 g/mol. The first-order chi connectivity index (χ1) is 13.4. The fraction of sp³-hybridized carbons (Fsp3) is 0.300. The third-order valence-electron chi connectivity index (χ3n) is 5.01. The molecule has 146 valence electrons. The van der Waals surface area contributed by atoms with Crippen LogP contribution in [0.2, 0.25) is 0 Å². The van der Waals surface area contributed by atoms with Crippen molar-refractivity contribution in [2.24, 2.45) is 0 Å². The van der Waals surface area contributed by atoms with E-state index in [1.54, 1.807) is 0 Å². The Kier molecular flexibility index (Phi) is 4.99. The van der Waals surface area contributed by atoms with Crippen LogP contribution in [0.5, 0.6) is 0 Å². The molecule has 0 amide bonds. The van der Waals surface area contributed by atoms with E-state index in [2.05, 4.69) is 10.1 Å². The fourth-order valence-electron chi connectivity index (χ4n) is 3.36. The second-order valence-electron chi connectivity index (χ2n) is 6.93. The number of aryl methyl sites for hydroxylation is 1. The summed E-state index contributed by atoms with van der Waals surface area (Å²) >= 11 is 0. The van der Waals surface area contributed by atoms with E-state index >= 15 is 0 Å². The molecule has 0 atom stereocenters. The van der Waals surface area contributed by atoms with Gasteiger partial charge in [-0.1, -0.05) is 35.0 Å². The minimum atomic E-state index is -3.85. The van der Waals surface area contributed by atoms with Gasteiger partial charge in [0.05, 0.1) is 0 Å². The zero-order valence-electron chi connectivity index (χ0n) is 15.4. The highest BCUT2D eigenvalue weighted by molar-refractivity contribution is 7.89. The van der Waals surface area contributed by atoms with Gasteiger partial charge in [0.15, 0.2) is 5.82 Å². The van der Waals surface area contributed by atoms with Crippen molar-refractivity contribution in [1.29, 1.82) is 0 Å². The summed E-state index contributed by atoms with van der Waals surface area (Å²) in [4.78, 5) is 4.20. The van der Waals surface area contributed by atoms with Crippen molar-refractivity contribution in [1.82, 2.24) is 14.4 Å². The van der Waals surface area contributed by atoms with Gasteiger partial charge < -0.3 is 4.52 Å². The second-order valence-corrected chi connectivity index (χ2v) is 8.84. The molecule has 0 aliphatic carbocycles. The lowest BCUT2D eigenvalue weighted by Gasteiger charge is -2.29. The summed E-state index contributed by atoms with van der Waals surface area (Å²) in [7, 11) is -3.85. The van der Waals surface area contributed by atoms with Gasteiger partial charge in [0.2, 0.25) is 10.0 Å². The smallest absolute Gasteiger partial charge is 0.257 e. The number of aromatic nitrogens is 2. The normalized spacial score (nSPS) is 16.4. The lowest BCUT2D eigenvalue weighted by molar-refractivity contribution is 0.306. The van der Waals surface area contributed by atoms with Crippen LogP contribution in [0, 0.1) is 12.7 Å². The van der Waals surface area contributed by atoms with E-state index in [9.17, 15) is 12.8 Å². The quantitative estimate of drug-likeness (QED) is 0.665. The summed E-state index contributed by atoms with van der Waals surface area (Å²) in [5.41, 5.74) is 2.00. The minimum Gasteiger partial charge on any atom is -0.334 e. The van der Waals surface area contributed by atoms with Crippen molar-refractivity contribution in [3.63, 3.8) is 0 Å². The molecule has 2 aromatic carbocycles. The Hall–Kier alpha value is -2.58. The summed E-state index contributed by atoms with van der Waals surface area (Å²) in [6.45, 7) is 2.58. The van der Waals surface area contributed by atoms with Crippen LogP contribution in [0.4, 0.5) is 4.39 Å². The van der Waals surface area contributed by atoms with Gasteiger partial charge in [-0.3, -0.25) is 0 Å². The molecule has 2 heterocycles. The number of hydrogen-bond donors (Lipinski definition) is 0. The maximum Gasteiger partial charge on any atom is 0.257 e. The topological polar surface area (TPSA) is 76.3 Å². The maximum absolute atomic E-state index is 13.9. The first-order valence-corrected chi connectivity index (χ1v) is 10.5. The summed E-state index contributed by atoms with van der Waals surface area (Å²) in [5.74, 6) is 0.315. The second kappa shape index (κ2) is 7.44. The highest BCUT2D eigenvalue weighted by atomic mass is 32.2. The molecule has 1 aromatic heterocycles.